The van der Waals surface area contributed by atoms with Crippen LogP contribution in [0, 0.1) is 23.7 Å². The normalized spacial score (nSPS) is 14.3. The van der Waals surface area contributed by atoms with Crippen molar-refractivity contribution in [2.24, 2.45) is 23.7 Å². The van der Waals surface area contributed by atoms with Crippen LogP contribution < -0.4 is 0 Å². The Morgan fingerprint density at radius 1 is 0.275 bits per heavy atom. The smallest absolute Gasteiger partial charge is 0.462 e. The summed E-state index contributed by atoms with van der Waals surface area (Å²) in [4.78, 5) is 73.1. The van der Waals surface area contributed by atoms with Crippen molar-refractivity contribution < 1.29 is 80.2 Å². The molecule has 0 aromatic rings. The van der Waals surface area contributed by atoms with E-state index in [9.17, 15) is 43.2 Å². The maximum Gasteiger partial charge on any atom is 0.472 e. The molecule has 0 aromatic carbocycles. The van der Waals surface area contributed by atoms with Gasteiger partial charge in [0, 0.05) is 25.7 Å². The number of esters is 4. The third-order valence-corrected chi connectivity index (χ3v) is 21.6. The van der Waals surface area contributed by atoms with E-state index in [0.717, 1.165) is 114 Å². The molecule has 0 aliphatic carbocycles. The highest BCUT2D eigenvalue weighted by atomic mass is 31.2. The Hall–Kier alpha value is -1.94. The average Bonchev–Trinajstić information content (AvgIpc) is 0.917. The van der Waals surface area contributed by atoms with Crippen LogP contribution in [0.3, 0.4) is 0 Å². The molecule has 0 aliphatic heterocycles. The van der Waals surface area contributed by atoms with Crippen molar-refractivity contribution in [3.8, 4) is 0 Å². The lowest BCUT2D eigenvalue weighted by Crippen LogP contribution is -2.30. The first-order chi connectivity index (χ1) is 49.1. The van der Waals surface area contributed by atoms with Crippen LogP contribution in [0.1, 0.15) is 428 Å². The minimum Gasteiger partial charge on any atom is -0.462 e. The Balaban J connectivity index is 5.24. The number of hydrogen-bond acceptors (Lipinski definition) is 15. The molecule has 6 atom stereocenters. The Morgan fingerprint density at radius 2 is 0.471 bits per heavy atom. The van der Waals surface area contributed by atoms with E-state index < -0.39 is 97.5 Å². The highest BCUT2D eigenvalue weighted by Gasteiger charge is 2.30. The van der Waals surface area contributed by atoms with Gasteiger partial charge in [-0.05, 0) is 49.4 Å². The van der Waals surface area contributed by atoms with Crippen LogP contribution >= 0.6 is 15.6 Å². The zero-order valence-electron chi connectivity index (χ0n) is 67.2. The standard InChI is InChI=1S/C83H162O17P2/c1-9-76(8)62-54-46-38-30-24-18-12-15-21-27-33-41-50-58-66-83(88)100-79(70-94-81(86)64-56-48-42-34-37-45-53-61-75(6)7)72-98-102(91,92)96-68-77(84)67-95-101(89,90)97-71-78(99-82(87)65-57-49-40-32-26-20-14-11-17-23-29-36-44-52-60-74(4)5)69-93-80(85)63-55-47-39-31-25-19-13-10-16-22-28-35-43-51-59-73(2)3/h73-79,84H,9-72H2,1-8H3,(H,89,90)(H,91,92)/t76?,77?,78-,79-/m1/s1. The fraction of sp³-hybridized carbons (Fsp3) is 0.952. The maximum atomic E-state index is 13.1. The molecule has 19 heteroatoms. The molecule has 0 radical (unpaired) electrons. The second-order valence-electron chi connectivity index (χ2n) is 31.5. The lowest BCUT2D eigenvalue weighted by atomic mass is 9.99. The first-order valence-corrected chi connectivity index (χ1v) is 45.7. The number of aliphatic hydroxyl groups excluding tert-OH is 1. The van der Waals surface area contributed by atoms with E-state index in [4.69, 9.17) is 37.0 Å². The molecule has 0 bridgehead atoms. The molecule has 4 unspecified atom stereocenters. The van der Waals surface area contributed by atoms with Crippen LogP contribution in [-0.4, -0.2) is 96.7 Å². The number of hydrogen-bond donors (Lipinski definition) is 3. The van der Waals surface area contributed by atoms with E-state index in [1.54, 1.807) is 0 Å². The minimum atomic E-state index is -4.96. The first kappa shape index (κ1) is 100. The minimum absolute atomic E-state index is 0.107. The molecule has 0 saturated carbocycles. The van der Waals surface area contributed by atoms with Crippen molar-refractivity contribution in [1.82, 2.24) is 0 Å². The predicted octanol–water partition coefficient (Wildman–Crippen LogP) is 24.8. The lowest BCUT2D eigenvalue weighted by molar-refractivity contribution is -0.161. The van der Waals surface area contributed by atoms with E-state index in [1.807, 2.05) is 0 Å². The predicted molar refractivity (Wildman–Crippen MR) is 418 cm³/mol. The molecule has 17 nitrogen and oxygen atoms in total. The second-order valence-corrected chi connectivity index (χ2v) is 34.4. The number of ether oxygens (including phenoxy) is 4. The highest BCUT2D eigenvalue weighted by molar-refractivity contribution is 7.47. The zero-order chi connectivity index (χ0) is 75.3. The fourth-order valence-corrected chi connectivity index (χ4v) is 14.3. The zero-order valence-corrected chi connectivity index (χ0v) is 69.0. The maximum absolute atomic E-state index is 13.1. The summed E-state index contributed by atoms with van der Waals surface area (Å²) < 4.78 is 68.8. The van der Waals surface area contributed by atoms with Crippen LogP contribution in [0.25, 0.3) is 0 Å². The molecule has 0 aliphatic rings. The Morgan fingerprint density at radius 3 is 0.696 bits per heavy atom. The van der Waals surface area contributed by atoms with Crippen molar-refractivity contribution in [2.45, 2.75) is 446 Å². The molecule has 0 aromatic heterocycles. The Labute approximate surface area is 626 Å². The molecular weight excluding hydrogens is 1330 g/mol. The van der Waals surface area contributed by atoms with Crippen molar-refractivity contribution in [1.29, 1.82) is 0 Å². The fourth-order valence-electron chi connectivity index (χ4n) is 12.8. The summed E-state index contributed by atoms with van der Waals surface area (Å²) in [6.07, 6.45) is 59.6. The molecule has 606 valence electrons. The quantitative estimate of drug-likeness (QED) is 0.0222. The van der Waals surface area contributed by atoms with Gasteiger partial charge in [-0.15, -0.1) is 0 Å². The van der Waals surface area contributed by atoms with Gasteiger partial charge in [-0.3, -0.25) is 37.3 Å². The average molecular weight is 1490 g/mol. The van der Waals surface area contributed by atoms with Crippen LogP contribution in [0.4, 0.5) is 0 Å². The van der Waals surface area contributed by atoms with Crippen LogP contribution in [-0.2, 0) is 65.4 Å². The van der Waals surface area contributed by atoms with Crippen molar-refractivity contribution in [3.63, 3.8) is 0 Å². The van der Waals surface area contributed by atoms with Gasteiger partial charge < -0.3 is 33.8 Å². The summed E-state index contributed by atoms with van der Waals surface area (Å²) in [5.74, 6) is 1.03. The largest absolute Gasteiger partial charge is 0.472 e. The summed E-state index contributed by atoms with van der Waals surface area (Å²) in [5.41, 5.74) is 0. The summed E-state index contributed by atoms with van der Waals surface area (Å²) in [6.45, 7) is 14.3. The van der Waals surface area contributed by atoms with Gasteiger partial charge in [0.1, 0.15) is 19.3 Å². The molecule has 0 rings (SSSR count). The molecule has 0 saturated heterocycles. The van der Waals surface area contributed by atoms with Gasteiger partial charge in [-0.25, -0.2) is 9.13 Å². The third kappa shape index (κ3) is 74.9. The first-order valence-electron chi connectivity index (χ1n) is 42.7. The Kier molecular flexibility index (Phi) is 70.6. The molecule has 102 heavy (non-hydrogen) atoms. The highest BCUT2D eigenvalue weighted by Crippen LogP contribution is 2.45. The molecular formula is C83H162O17P2. The van der Waals surface area contributed by atoms with E-state index in [1.165, 1.54) is 225 Å². The van der Waals surface area contributed by atoms with Crippen LogP contribution in [0.15, 0.2) is 0 Å². The number of phosphoric ester groups is 2. The molecule has 0 spiro atoms. The molecule has 0 fully saturated rings. The summed E-state index contributed by atoms with van der Waals surface area (Å²) in [6, 6.07) is 0. The topological polar surface area (TPSA) is 237 Å². The van der Waals surface area contributed by atoms with Crippen LogP contribution in [0.2, 0.25) is 0 Å². The van der Waals surface area contributed by atoms with E-state index in [0.29, 0.717) is 31.6 Å². The van der Waals surface area contributed by atoms with Crippen molar-refractivity contribution in [2.75, 3.05) is 39.6 Å². The van der Waals surface area contributed by atoms with Crippen LogP contribution in [0.5, 0.6) is 0 Å². The van der Waals surface area contributed by atoms with Gasteiger partial charge in [-0.2, -0.15) is 0 Å². The lowest BCUT2D eigenvalue weighted by Gasteiger charge is -2.21. The number of rotatable bonds is 80. The van der Waals surface area contributed by atoms with E-state index in [2.05, 4.69) is 55.4 Å². The van der Waals surface area contributed by atoms with Gasteiger partial charge in [0.25, 0.3) is 0 Å². The van der Waals surface area contributed by atoms with Crippen molar-refractivity contribution >= 4 is 39.5 Å². The van der Waals surface area contributed by atoms with E-state index >= 15 is 0 Å². The van der Waals surface area contributed by atoms with Gasteiger partial charge >= 0.3 is 39.5 Å². The van der Waals surface area contributed by atoms with Gasteiger partial charge in [-0.1, -0.05) is 376 Å². The summed E-state index contributed by atoms with van der Waals surface area (Å²) >= 11 is 0. The second kappa shape index (κ2) is 72.0. The number of aliphatic hydroxyl groups is 1. The third-order valence-electron chi connectivity index (χ3n) is 19.7. The number of carbonyl (C=O) groups is 4. The number of phosphoric acid groups is 2. The molecule has 3 N–H and O–H groups in total. The number of carbonyl (C=O) groups excluding carboxylic acids is 4. The van der Waals surface area contributed by atoms with E-state index in [-0.39, 0.29) is 25.7 Å². The Bertz CT molecular complexity index is 1990. The van der Waals surface area contributed by atoms with Crippen molar-refractivity contribution in [3.05, 3.63) is 0 Å². The summed E-state index contributed by atoms with van der Waals surface area (Å²) in [5, 5.41) is 10.7. The molecule has 0 heterocycles. The SMILES string of the molecule is CCC(C)CCCCCCCCCCCCCCCCC(=O)O[C@H](COC(=O)CCCCCCCCCC(C)C)COP(=O)(O)OCC(O)COP(=O)(O)OC[C@@H](COC(=O)CCCCCCCCCCCCCCCCC(C)C)OC(=O)CCCCCCCCCCCCCCCCC(C)C. The van der Waals surface area contributed by atoms with Gasteiger partial charge in [0.2, 0.25) is 0 Å². The number of unbranched alkanes of at least 4 members (excludes halogenated alkanes) is 45. The van der Waals surface area contributed by atoms with Gasteiger partial charge in [0.05, 0.1) is 26.4 Å². The molecule has 0 amide bonds. The van der Waals surface area contributed by atoms with Gasteiger partial charge in [0.15, 0.2) is 12.2 Å². The summed E-state index contributed by atoms with van der Waals surface area (Å²) in [7, 11) is -9.93. The monoisotopic (exact) mass is 1490 g/mol.